The van der Waals surface area contributed by atoms with Gasteiger partial charge in [0.1, 0.15) is 0 Å². The van der Waals surface area contributed by atoms with Crippen LogP contribution in [0.4, 0.5) is 5.69 Å². The van der Waals surface area contributed by atoms with Gasteiger partial charge in [0.25, 0.3) is 0 Å². The van der Waals surface area contributed by atoms with E-state index in [9.17, 15) is 4.79 Å². The molecule has 1 aliphatic rings. The van der Waals surface area contributed by atoms with Gasteiger partial charge in [0.2, 0.25) is 5.91 Å². The Kier molecular flexibility index (Phi) is 5.45. The fourth-order valence-electron chi connectivity index (χ4n) is 3.18. The highest BCUT2D eigenvalue weighted by Crippen LogP contribution is 2.23. The molecule has 1 amide bonds. The summed E-state index contributed by atoms with van der Waals surface area (Å²) in [4.78, 5) is 14.5. The van der Waals surface area contributed by atoms with Crippen molar-refractivity contribution < 1.29 is 4.79 Å². The Morgan fingerprint density at radius 3 is 2.60 bits per heavy atom. The summed E-state index contributed by atoms with van der Waals surface area (Å²) in [5, 5.41) is 0. The first kappa shape index (κ1) is 14.9. The molecule has 1 fully saturated rings. The summed E-state index contributed by atoms with van der Waals surface area (Å²) >= 11 is 0. The second kappa shape index (κ2) is 7.32. The number of nitrogen functional groups attached to an aromatic ring is 1. The minimum absolute atomic E-state index is 0.280. The lowest BCUT2D eigenvalue weighted by molar-refractivity contribution is -0.133. The minimum atomic E-state index is 0.280. The highest BCUT2D eigenvalue weighted by Gasteiger charge is 2.23. The van der Waals surface area contributed by atoms with Crippen molar-refractivity contribution in [1.82, 2.24) is 4.90 Å². The molecule has 2 N–H and O–H groups in total. The number of carbonyl (C=O) groups excluding carboxylic acids is 1. The van der Waals surface area contributed by atoms with Crippen molar-refractivity contribution in [3.8, 4) is 0 Å². The summed E-state index contributed by atoms with van der Waals surface area (Å²) in [6, 6.07) is 8.29. The molecule has 2 rings (SSSR count). The largest absolute Gasteiger partial charge is 0.399 e. The molecule has 0 bridgehead atoms. The Morgan fingerprint density at radius 2 is 1.95 bits per heavy atom. The Labute approximate surface area is 122 Å². The van der Waals surface area contributed by atoms with Crippen LogP contribution in [0.5, 0.6) is 0 Å². The molecule has 0 spiro atoms. The number of hydrogen-bond acceptors (Lipinski definition) is 2. The van der Waals surface area contributed by atoms with E-state index in [4.69, 9.17) is 5.73 Å². The van der Waals surface area contributed by atoms with Gasteiger partial charge in [-0.25, -0.2) is 0 Å². The van der Waals surface area contributed by atoms with Crippen molar-refractivity contribution in [1.29, 1.82) is 0 Å². The van der Waals surface area contributed by atoms with Crippen molar-refractivity contribution in [3.63, 3.8) is 0 Å². The molecule has 3 heteroatoms. The maximum Gasteiger partial charge on any atom is 0.223 e. The average molecular weight is 274 g/mol. The lowest BCUT2D eigenvalue weighted by Crippen LogP contribution is -2.41. The number of benzene rings is 1. The van der Waals surface area contributed by atoms with E-state index in [1.165, 1.54) is 32.1 Å². The molecule has 1 saturated carbocycles. The fourth-order valence-corrected chi connectivity index (χ4v) is 3.18. The van der Waals surface area contributed by atoms with Crippen LogP contribution in [0.1, 0.15) is 51.0 Å². The third-order valence-corrected chi connectivity index (χ3v) is 4.34. The van der Waals surface area contributed by atoms with Crippen LogP contribution >= 0.6 is 0 Å². The van der Waals surface area contributed by atoms with Gasteiger partial charge in [0.15, 0.2) is 0 Å². The van der Waals surface area contributed by atoms with Crippen LogP contribution in [0.3, 0.4) is 0 Å². The van der Waals surface area contributed by atoms with Gasteiger partial charge >= 0.3 is 0 Å². The second-order valence-electron chi connectivity index (χ2n) is 5.67. The molecule has 0 saturated heterocycles. The lowest BCUT2D eigenvalue weighted by atomic mass is 9.93. The molecule has 1 aromatic carbocycles. The van der Waals surface area contributed by atoms with Gasteiger partial charge < -0.3 is 10.6 Å². The fraction of sp³-hybridized carbons (Fsp3) is 0.588. The zero-order chi connectivity index (χ0) is 14.4. The van der Waals surface area contributed by atoms with E-state index in [2.05, 4.69) is 11.8 Å². The third kappa shape index (κ3) is 3.75. The predicted molar refractivity (Wildman–Crippen MR) is 83.4 cm³/mol. The van der Waals surface area contributed by atoms with Gasteiger partial charge in [-0.15, -0.1) is 0 Å². The summed E-state index contributed by atoms with van der Waals surface area (Å²) in [6.07, 6.45) is 7.51. The molecule has 0 heterocycles. The summed E-state index contributed by atoms with van der Waals surface area (Å²) in [5.74, 6) is 0.280. The number of nitrogens with zero attached hydrogens (tertiary/aromatic N) is 1. The molecular formula is C17H26N2O. The van der Waals surface area contributed by atoms with Gasteiger partial charge in [0, 0.05) is 24.7 Å². The first-order valence-electron chi connectivity index (χ1n) is 7.85. The van der Waals surface area contributed by atoms with Crippen LogP contribution < -0.4 is 5.73 Å². The van der Waals surface area contributed by atoms with Gasteiger partial charge in [0.05, 0.1) is 0 Å². The summed E-state index contributed by atoms with van der Waals surface area (Å²) in [6.45, 7) is 2.91. The zero-order valence-corrected chi connectivity index (χ0v) is 12.5. The van der Waals surface area contributed by atoms with Gasteiger partial charge in [-0.2, -0.15) is 0 Å². The molecule has 1 aliphatic carbocycles. The first-order chi connectivity index (χ1) is 9.72. The number of aryl methyl sites for hydroxylation is 1. The highest BCUT2D eigenvalue weighted by molar-refractivity contribution is 5.77. The smallest absolute Gasteiger partial charge is 0.223 e. The maximum atomic E-state index is 12.4. The molecule has 20 heavy (non-hydrogen) atoms. The molecule has 1 aromatic rings. The van der Waals surface area contributed by atoms with Crippen molar-refractivity contribution in [2.75, 3.05) is 12.3 Å². The van der Waals surface area contributed by atoms with Crippen molar-refractivity contribution in [3.05, 3.63) is 29.8 Å². The molecule has 110 valence electrons. The average Bonchev–Trinajstić information content (AvgIpc) is 2.48. The SMILES string of the molecule is CCN(C(=O)CCc1ccccc1N)C1CCCCC1. The third-order valence-electron chi connectivity index (χ3n) is 4.34. The molecule has 0 radical (unpaired) electrons. The van der Waals surface area contributed by atoms with Crippen LogP contribution in [0.25, 0.3) is 0 Å². The van der Waals surface area contributed by atoms with E-state index in [0.717, 1.165) is 24.2 Å². The number of rotatable bonds is 5. The molecule has 3 nitrogen and oxygen atoms in total. The monoisotopic (exact) mass is 274 g/mol. The van der Waals surface area contributed by atoms with Crippen molar-refractivity contribution in [2.24, 2.45) is 0 Å². The summed E-state index contributed by atoms with van der Waals surface area (Å²) < 4.78 is 0. The normalized spacial score (nSPS) is 16.1. The van der Waals surface area contributed by atoms with Crippen molar-refractivity contribution in [2.45, 2.75) is 57.9 Å². The maximum absolute atomic E-state index is 12.4. The zero-order valence-electron chi connectivity index (χ0n) is 12.5. The Bertz CT molecular complexity index is 438. The summed E-state index contributed by atoms with van der Waals surface area (Å²) in [5.41, 5.74) is 7.81. The number of amides is 1. The summed E-state index contributed by atoms with van der Waals surface area (Å²) in [7, 11) is 0. The van der Waals surface area contributed by atoms with Crippen molar-refractivity contribution >= 4 is 11.6 Å². The quantitative estimate of drug-likeness (QED) is 0.837. The van der Waals surface area contributed by atoms with E-state index in [1.807, 2.05) is 24.3 Å². The topological polar surface area (TPSA) is 46.3 Å². The first-order valence-corrected chi connectivity index (χ1v) is 7.85. The number of anilines is 1. The Balaban J connectivity index is 1.90. The van der Waals surface area contributed by atoms with E-state index < -0.39 is 0 Å². The van der Waals surface area contributed by atoms with E-state index in [0.29, 0.717) is 12.5 Å². The van der Waals surface area contributed by atoms with Gasteiger partial charge in [-0.1, -0.05) is 37.5 Å². The van der Waals surface area contributed by atoms with Crippen LogP contribution in [-0.2, 0) is 11.2 Å². The number of para-hydroxylation sites is 1. The van der Waals surface area contributed by atoms with Crippen LogP contribution in [0, 0.1) is 0 Å². The minimum Gasteiger partial charge on any atom is -0.399 e. The lowest BCUT2D eigenvalue weighted by Gasteiger charge is -2.33. The number of hydrogen-bond donors (Lipinski definition) is 1. The standard InChI is InChI=1S/C17H26N2O/c1-2-19(15-9-4-3-5-10-15)17(20)13-12-14-8-6-7-11-16(14)18/h6-8,11,15H,2-5,9-10,12-13,18H2,1H3. The van der Waals surface area contributed by atoms with Crippen LogP contribution in [0.2, 0.25) is 0 Å². The highest BCUT2D eigenvalue weighted by atomic mass is 16.2. The molecular weight excluding hydrogens is 248 g/mol. The van der Waals surface area contributed by atoms with Crippen LogP contribution in [-0.4, -0.2) is 23.4 Å². The molecule has 0 unspecified atom stereocenters. The van der Waals surface area contributed by atoms with Crippen LogP contribution in [0.15, 0.2) is 24.3 Å². The number of nitrogens with two attached hydrogens (primary N) is 1. The van der Waals surface area contributed by atoms with Gasteiger partial charge in [-0.05, 0) is 37.8 Å². The molecule has 0 aliphatic heterocycles. The second-order valence-corrected chi connectivity index (χ2v) is 5.67. The Morgan fingerprint density at radius 1 is 1.25 bits per heavy atom. The molecule has 0 aromatic heterocycles. The van der Waals surface area contributed by atoms with E-state index >= 15 is 0 Å². The van der Waals surface area contributed by atoms with E-state index in [1.54, 1.807) is 0 Å². The number of carbonyl (C=O) groups is 1. The van der Waals surface area contributed by atoms with Gasteiger partial charge in [-0.3, -0.25) is 4.79 Å². The molecule has 0 atom stereocenters. The predicted octanol–water partition coefficient (Wildman–Crippen LogP) is 3.38. The Hall–Kier alpha value is -1.51. The van der Waals surface area contributed by atoms with E-state index in [-0.39, 0.29) is 5.91 Å².